The maximum absolute atomic E-state index is 12.8. The van der Waals surface area contributed by atoms with Crippen molar-refractivity contribution in [2.45, 2.75) is 154 Å². The van der Waals surface area contributed by atoms with Crippen molar-refractivity contribution in [3.63, 3.8) is 0 Å². The molecule has 2 saturated heterocycles. The van der Waals surface area contributed by atoms with Crippen molar-refractivity contribution < 1.29 is 28.5 Å². The van der Waals surface area contributed by atoms with Gasteiger partial charge in [-0.25, -0.2) is 9.59 Å². The molecule has 2 fully saturated rings. The fourth-order valence-electron chi connectivity index (χ4n) is 8.82. The van der Waals surface area contributed by atoms with Crippen LogP contribution in [0.15, 0.2) is 97.1 Å². The van der Waals surface area contributed by atoms with E-state index in [9.17, 15) is 9.59 Å². The maximum Gasteiger partial charge on any atom is 0.508 e. The Morgan fingerprint density at radius 2 is 0.694 bits per heavy atom. The van der Waals surface area contributed by atoms with Crippen LogP contribution in [0.3, 0.4) is 0 Å². The third-order valence-corrected chi connectivity index (χ3v) is 12.6. The highest BCUT2D eigenvalue weighted by Crippen LogP contribution is 2.37. The molecule has 0 spiro atoms. The van der Waals surface area contributed by atoms with Crippen LogP contribution in [0.2, 0.25) is 0 Å². The SMILES string of the molecule is CC(C)(C)c1ccc(C(c2ccc(C(C)(C)C)cc2)[C@H]2CC(OC(=O)OCCOC(=O)O[C@H]3CN[C@@H](C(c4ccc(C(C)(C)C)cc4)c4ccc(C(C)(C)C)cc4)C3)CN2)cc1. The smallest absolute Gasteiger partial charge is 0.431 e. The summed E-state index contributed by atoms with van der Waals surface area (Å²) < 4.78 is 22.2. The van der Waals surface area contributed by atoms with Gasteiger partial charge in [-0.1, -0.05) is 180 Å². The lowest BCUT2D eigenvalue weighted by Crippen LogP contribution is -2.30. The van der Waals surface area contributed by atoms with Crippen molar-refractivity contribution in [3.05, 3.63) is 142 Å². The maximum atomic E-state index is 12.8. The van der Waals surface area contributed by atoms with Gasteiger partial charge in [-0.3, -0.25) is 0 Å². The molecule has 0 bridgehead atoms. The van der Waals surface area contributed by atoms with E-state index in [0.29, 0.717) is 25.9 Å². The minimum atomic E-state index is -0.782. The van der Waals surface area contributed by atoms with Gasteiger partial charge in [-0.2, -0.15) is 0 Å². The third-order valence-electron chi connectivity index (χ3n) is 12.6. The summed E-state index contributed by atoms with van der Waals surface area (Å²) in [4.78, 5) is 25.6. The molecule has 1 unspecified atom stereocenters. The second-order valence-electron chi connectivity index (χ2n) is 21.6. The molecule has 2 aliphatic rings. The first-order valence-corrected chi connectivity index (χ1v) is 22.6. The van der Waals surface area contributed by atoms with Crippen LogP contribution in [-0.2, 0) is 40.6 Å². The van der Waals surface area contributed by atoms with Crippen LogP contribution in [0.4, 0.5) is 9.59 Å². The first-order chi connectivity index (χ1) is 29.1. The number of nitrogens with one attached hydrogen (secondary N) is 2. The molecule has 62 heavy (non-hydrogen) atoms. The molecule has 2 heterocycles. The molecule has 8 nitrogen and oxygen atoms in total. The van der Waals surface area contributed by atoms with Gasteiger partial charge in [-0.05, 0) is 66.2 Å². The molecule has 2 N–H and O–H groups in total. The summed E-state index contributed by atoms with van der Waals surface area (Å²) in [5.41, 5.74) is 10.2. The lowest BCUT2D eigenvalue weighted by molar-refractivity contribution is -0.00265. The van der Waals surface area contributed by atoms with Crippen LogP contribution in [-0.4, -0.2) is 62.9 Å². The van der Waals surface area contributed by atoms with E-state index in [1.54, 1.807) is 0 Å². The van der Waals surface area contributed by atoms with Crippen molar-refractivity contribution >= 4 is 12.3 Å². The van der Waals surface area contributed by atoms with Crippen molar-refractivity contribution in [2.75, 3.05) is 26.3 Å². The highest BCUT2D eigenvalue weighted by atomic mass is 16.8. The van der Waals surface area contributed by atoms with Crippen molar-refractivity contribution in [1.82, 2.24) is 10.6 Å². The largest absolute Gasteiger partial charge is 0.508 e. The molecule has 8 heteroatoms. The fraction of sp³-hybridized carbons (Fsp3) is 0.519. The second kappa shape index (κ2) is 19.0. The standard InChI is InChI=1S/C54H72N2O6/c1-51(2,3)39-21-13-35(14-22-39)47(36-15-23-40(24-16-36)52(4,5)6)45-31-43(33-55-45)61-49(57)59-29-30-60-50(58)62-44-32-46(56-34-44)48(37-17-25-41(26-18-37)53(7,8)9)38-19-27-42(28-20-38)54(10,11)12/h13-28,43-48,55-56H,29-34H2,1-12H3/t43-,44?,45-,46-/m1/s1. The van der Waals surface area contributed by atoms with Crippen molar-refractivity contribution in [3.8, 4) is 0 Å². The highest BCUT2D eigenvalue weighted by molar-refractivity contribution is 5.61. The number of carbonyl (C=O) groups excluding carboxylic acids is 2. The topological polar surface area (TPSA) is 95.1 Å². The van der Waals surface area contributed by atoms with Gasteiger partial charge >= 0.3 is 12.3 Å². The van der Waals surface area contributed by atoms with E-state index in [0.717, 1.165) is 0 Å². The molecule has 334 valence electrons. The Balaban J connectivity index is 0.993. The second-order valence-corrected chi connectivity index (χ2v) is 21.6. The van der Waals surface area contributed by atoms with Crippen LogP contribution in [0, 0.1) is 0 Å². The van der Waals surface area contributed by atoms with Gasteiger partial charge in [0.25, 0.3) is 0 Å². The molecular formula is C54H72N2O6. The Morgan fingerprint density at radius 3 is 0.919 bits per heavy atom. The zero-order valence-corrected chi connectivity index (χ0v) is 39.4. The summed E-state index contributed by atoms with van der Waals surface area (Å²) in [7, 11) is 0. The Hall–Kier alpha value is -4.66. The van der Waals surface area contributed by atoms with Crippen LogP contribution >= 0.6 is 0 Å². The summed E-state index contributed by atoms with van der Waals surface area (Å²) in [6.45, 7) is 27.5. The van der Waals surface area contributed by atoms with Gasteiger partial charge in [0.15, 0.2) is 0 Å². The molecular weight excluding hydrogens is 773 g/mol. The molecule has 0 amide bonds. The van der Waals surface area contributed by atoms with E-state index in [1.165, 1.54) is 44.5 Å². The first kappa shape index (κ1) is 46.8. The number of ether oxygens (including phenoxy) is 4. The number of carbonyl (C=O) groups is 2. The predicted molar refractivity (Wildman–Crippen MR) is 250 cm³/mol. The number of hydrogen-bond acceptors (Lipinski definition) is 8. The van der Waals surface area contributed by atoms with Crippen molar-refractivity contribution in [1.29, 1.82) is 0 Å². The summed E-state index contributed by atoms with van der Waals surface area (Å²) in [5.74, 6) is 0.136. The summed E-state index contributed by atoms with van der Waals surface area (Å²) in [5, 5.41) is 7.27. The summed E-state index contributed by atoms with van der Waals surface area (Å²) in [6, 6.07) is 35.8. The van der Waals surface area contributed by atoms with E-state index in [4.69, 9.17) is 18.9 Å². The first-order valence-electron chi connectivity index (χ1n) is 22.6. The summed E-state index contributed by atoms with van der Waals surface area (Å²) in [6.07, 6.45) is -1.02. The minimum absolute atomic E-state index is 0.0508. The lowest BCUT2D eigenvalue weighted by Gasteiger charge is -2.27. The molecule has 0 radical (unpaired) electrons. The van der Waals surface area contributed by atoms with Gasteiger partial charge in [0.2, 0.25) is 0 Å². The number of benzene rings is 4. The monoisotopic (exact) mass is 845 g/mol. The Bertz CT molecular complexity index is 1810. The van der Waals surface area contributed by atoms with Gasteiger partial charge in [0, 0.05) is 49.9 Å². The highest BCUT2D eigenvalue weighted by Gasteiger charge is 2.37. The van der Waals surface area contributed by atoms with Gasteiger partial charge in [0.05, 0.1) is 0 Å². The van der Waals surface area contributed by atoms with E-state index >= 15 is 0 Å². The fourth-order valence-corrected chi connectivity index (χ4v) is 8.82. The zero-order valence-electron chi connectivity index (χ0n) is 39.4. The average Bonchev–Trinajstić information content (AvgIpc) is 3.85. The minimum Gasteiger partial charge on any atom is -0.431 e. The van der Waals surface area contributed by atoms with Crippen molar-refractivity contribution in [2.24, 2.45) is 0 Å². The van der Waals surface area contributed by atoms with E-state index in [1.807, 2.05) is 0 Å². The number of rotatable bonds is 11. The normalized spacial score (nSPS) is 19.8. The third kappa shape index (κ3) is 12.1. The van der Waals surface area contributed by atoms with Crippen LogP contribution in [0.1, 0.15) is 152 Å². The van der Waals surface area contributed by atoms with E-state index < -0.39 is 12.3 Å². The van der Waals surface area contributed by atoms with Gasteiger partial charge in [-0.15, -0.1) is 0 Å². The Morgan fingerprint density at radius 1 is 0.452 bits per heavy atom. The average molecular weight is 845 g/mol. The Kier molecular flexibility index (Phi) is 14.3. The van der Waals surface area contributed by atoms with Gasteiger partial charge < -0.3 is 29.6 Å². The summed E-state index contributed by atoms with van der Waals surface area (Å²) >= 11 is 0. The molecule has 0 aliphatic carbocycles. The lowest BCUT2D eigenvalue weighted by atomic mass is 9.80. The molecule has 4 aromatic carbocycles. The van der Waals surface area contributed by atoms with Crippen LogP contribution in [0.5, 0.6) is 0 Å². The van der Waals surface area contributed by atoms with Crippen LogP contribution < -0.4 is 10.6 Å². The molecule has 0 saturated carbocycles. The van der Waals surface area contributed by atoms with Crippen LogP contribution in [0.25, 0.3) is 0 Å². The quantitative estimate of drug-likeness (QED) is 0.114. The number of hydrogen-bond donors (Lipinski definition) is 2. The molecule has 2 aliphatic heterocycles. The van der Waals surface area contributed by atoms with Gasteiger partial charge in [0.1, 0.15) is 25.4 Å². The van der Waals surface area contributed by atoms with E-state index in [2.05, 4.69) is 191 Å². The van der Waals surface area contributed by atoms with E-state index in [-0.39, 0.29) is 71.0 Å². The zero-order chi connectivity index (χ0) is 45.0. The molecule has 4 atom stereocenters. The predicted octanol–water partition coefficient (Wildman–Crippen LogP) is 11.6. The Labute approximate surface area is 371 Å². The molecule has 4 aromatic rings. The molecule has 6 rings (SSSR count). The molecule has 0 aromatic heterocycles.